The third-order valence-electron chi connectivity index (χ3n) is 2.77. The van der Waals surface area contributed by atoms with E-state index in [1.165, 1.54) is 7.05 Å². The van der Waals surface area contributed by atoms with Gasteiger partial charge in [-0.25, -0.2) is 4.98 Å². The van der Waals surface area contributed by atoms with Crippen molar-refractivity contribution in [1.29, 1.82) is 0 Å². The van der Waals surface area contributed by atoms with Crippen LogP contribution in [0.2, 0.25) is 0 Å². The van der Waals surface area contributed by atoms with Crippen LogP contribution in [0.4, 0.5) is 0 Å². The molecule has 0 spiro atoms. The quantitative estimate of drug-likeness (QED) is 0.835. The van der Waals surface area contributed by atoms with E-state index in [-0.39, 0.29) is 17.9 Å². The Bertz CT molecular complexity index is 649. The molecule has 98 valence electrons. The summed E-state index contributed by atoms with van der Waals surface area (Å²) in [4.78, 5) is 34.3. The van der Waals surface area contributed by atoms with E-state index in [1.54, 1.807) is 25.4 Å². The fraction of sp³-hybridized carbons (Fsp3) is 0.231. The van der Waals surface area contributed by atoms with E-state index in [0.29, 0.717) is 17.1 Å². The second-order valence-corrected chi connectivity index (χ2v) is 4.07. The molecular weight excluding hydrogens is 244 g/mol. The van der Waals surface area contributed by atoms with Crippen LogP contribution in [-0.4, -0.2) is 27.9 Å². The first-order chi connectivity index (χ1) is 9.11. The zero-order chi connectivity index (χ0) is 13.8. The Kier molecular flexibility index (Phi) is 3.70. The maximum Gasteiger partial charge on any atom is 0.255 e. The third-order valence-corrected chi connectivity index (χ3v) is 2.77. The summed E-state index contributed by atoms with van der Waals surface area (Å²) in [7, 11) is 1.53. The molecular formula is C13H14N4O2. The van der Waals surface area contributed by atoms with Crippen LogP contribution in [0.1, 0.15) is 11.3 Å². The Morgan fingerprint density at radius 2 is 2.26 bits per heavy atom. The molecule has 2 rings (SSSR count). The zero-order valence-electron chi connectivity index (χ0n) is 10.7. The minimum atomic E-state index is -0.296. The maximum absolute atomic E-state index is 12.0. The molecule has 1 amide bonds. The molecule has 6 heteroatoms. The van der Waals surface area contributed by atoms with Gasteiger partial charge in [-0.2, -0.15) is 0 Å². The number of amides is 1. The van der Waals surface area contributed by atoms with Crippen molar-refractivity contribution in [3.8, 4) is 11.4 Å². The van der Waals surface area contributed by atoms with E-state index in [2.05, 4.69) is 20.3 Å². The number of pyridine rings is 1. The lowest BCUT2D eigenvalue weighted by Crippen LogP contribution is -2.26. The molecule has 19 heavy (non-hydrogen) atoms. The smallest absolute Gasteiger partial charge is 0.255 e. The second kappa shape index (κ2) is 5.43. The van der Waals surface area contributed by atoms with Crippen LogP contribution in [0.3, 0.4) is 0 Å². The van der Waals surface area contributed by atoms with Crippen molar-refractivity contribution in [2.45, 2.75) is 13.3 Å². The van der Waals surface area contributed by atoms with Gasteiger partial charge in [-0.3, -0.25) is 14.6 Å². The van der Waals surface area contributed by atoms with Gasteiger partial charge >= 0.3 is 0 Å². The molecule has 0 radical (unpaired) electrons. The van der Waals surface area contributed by atoms with Gasteiger partial charge in [0.25, 0.3) is 5.56 Å². The first kappa shape index (κ1) is 12.9. The molecule has 2 aromatic heterocycles. The summed E-state index contributed by atoms with van der Waals surface area (Å²) >= 11 is 0. The van der Waals surface area contributed by atoms with E-state index < -0.39 is 0 Å². The summed E-state index contributed by atoms with van der Waals surface area (Å²) in [5.74, 6) is 0.237. The van der Waals surface area contributed by atoms with Crippen LogP contribution >= 0.6 is 0 Å². The number of nitrogens with zero attached hydrogens (tertiary/aromatic N) is 2. The van der Waals surface area contributed by atoms with Gasteiger partial charge in [0.2, 0.25) is 5.91 Å². The molecule has 0 aromatic carbocycles. The number of rotatable bonds is 3. The van der Waals surface area contributed by atoms with Crippen molar-refractivity contribution in [2.24, 2.45) is 0 Å². The monoisotopic (exact) mass is 258 g/mol. The number of carbonyl (C=O) groups excluding carboxylic acids is 1. The van der Waals surface area contributed by atoms with Gasteiger partial charge in [-0.1, -0.05) is 0 Å². The minimum absolute atomic E-state index is 0.0258. The molecule has 0 bridgehead atoms. The Balaban J connectivity index is 2.43. The molecule has 0 aliphatic rings. The number of likely N-dealkylation sites (N-methyl/N-ethyl adjacent to an activating group) is 1. The molecule has 6 nitrogen and oxygen atoms in total. The van der Waals surface area contributed by atoms with Crippen LogP contribution in [0.5, 0.6) is 0 Å². The number of aryl methyl sites for hydroxylation is 1. The van der Waals surface area contributed by atoms with Crippen LogP contribution in [0, 0.1) is 6.92 Å². The topological polar surface area (TPSA) is 87.7 Å². The van der Waals surface area contributed by atoms with Crippen LogP contribution < -0.4 is 10.9 Å². The van der Waals surface area contributed by atoms with Gasteiger partial charge in [-0.05, 0) is 19.1 Å². The van der Waals surface area contributed by atoms with Crippen molar-refractivity contribution < 1.29 is 4.79 Å². The fourth-order valence-corrected chi connectivity index (χ4v) is 1.71. The van der Waals surface area contributed by atoms with E-state index in [1.807, 2.05) is 6.07 Å². The minimum Gasteiger partial charge on any atom is -0.359 e. The zero-order valence-corrected chi connectivity index (χ0v) is 10.7. The van der Waals surface area contributed by atoms with Crippen molar-refractivity contribution in [1.82, 2.24) is 20.3 Å². The highest BCUT2D eigenvalue weighted by Crippen LogP contribution is 2.12. The molecule has 0 saturated heterocycles. The molecule has 0 saturated carbocycles. The van der Waals surface area contributed by atoms with Crippen molar-refractivity contribution >= 4 is 5.91 Å². The van der Waals surface area contributed by atoms with E-state index in [0.717, 1.165) is 5.56 Å². The number of hydrogen-bond donors (Lipinski definition) is 2. The van der Waals surface area contributed by atoms with Crippen molar-refractivity contribution in [2.75, 3.05) is 7.05 Å². The highest BCUT2D eigenvalue weighted by Gasteiger charge is 2.12. The molecule has 0 aliphatic heterocycles. The molecule has 2 heterocycles. The van der Waals surface area contributed by atoms with E-state index >= 15 is 0 Å². The molecule has 0 aliphatic carbocycles. The first-order valence-electron chi connectivity index (χ1n) is 5.82. The van der Waals surface area contributed by atoms with Gasteiger partial charge in [0.05, 0.1) is 6.42 Å². The van der Waals surface area contributed by atoms with Gasteiger partial charge in [0.15, 0.2) is 0 Å². The number of aromatic nitrogens is 3. The second-order valence-electron chi connectivity index (χ2n) is 4.07. The van der Waals surface area contributed by atoms with Crippen molar-refractivity contribution in [3.05, 3.63) is 46.1 Å². The van der Waals surface area contributed by atoms with Crippen LogP contribution in [-0.2, 0) is 11.2 Å². The van der Waals surface area contributed by atoms with Gasteiger partial charge in [-0.15, -0.1) is 0 Å². The predicted molar refractivity (Wildman–Crippen MR) is 70.6 cm³/mol. The van der Waals surface area contributed by atoms with Gasteiger partial charge < -0.3 is 10.3 Å². The number of carbonyl (C=O) groups is 1. The highest BCUT2D eigenvalue weighted by atomic mass is 16.1. The maximum atomic E-state index is 12.0. The molecule has 0 fully saturated rings. The van der Waals surface area contributed by atoms with Crippen LogP contribution in [0.15, 0.2) is 29.3 Å². The Morgan fingerprint density at radius 3 is 2.84 bits per heavy atom. The number of nitrogens with one attached hydrogen (secondary N) is 2. The lowest BCUT2D eigenvalue weighted by Gasteiger charge is -2.06. The van der Waals surface area contributed by atoms with E-state index in [4.69, 9.17) is 0 Å². The number of hydrogen-bond acceptors (Lipinski definition) is 4. The molecule has 0 atom stereocenters. The Labute approximate surface area is 109 Å². The average Bonchev–Trinajstić information content (AvgIpc) is 2.43. The van der Waals surface area contributed by atoms with Crippen LogP contribution in [0.25, 0.3) is 11.4 Å². The van der Waals surface area contributed by atoms with Gasteiger partial charge in [0.1, 0.15) is 5.82 Å². The molecule has 2 N–H and O–H groups in total. The standard InChI is InChI=1S/C13H14N4O2/c1-8-10(6-11(18)14-2)13(19)17-12(16-8)9-4-3-5-15-7-9/h3-5,7H,6H2,1-2H3,(H,14,18)(H,16,17,19). The number of H-pyrrole nitrogens is 1. The average molecular weight is 258 g/mol. The lowest BCUT2D eigenvalue weighted by molar-refractivity contribution is -0.119. The van der Waals surface area contributed by atoms with E-state index in [9.17, 15) is 9.59 Å². The number of aromatic amines is 1. The normalized spacial score (nSPS) is 10.2. The lowest BCUT2D eigenvalue weighted by atomic mass is 10.1. The fourth-order valence-electron chi connectivity index (χ4n) is 1.71. The highest BCUT2D eigenvalue weighted by molar-refractivity contribution is 5.78. The SMILES string of the molecule is CNC(=O)Cc1c(C)nc(-c2cccnc2)[nH]c1=O. The largest absolute Gasteiger partial charge is 0.359 e. The third kappa shape index (κ3) is 2.85. The molecule has 2 aromatic rings. The summed E-state index contributed by atoms with van der Waals surface area (Å²) in [5.41, 5.74) is 1.36. The summed E-state index contributed by atoms with van der Waals surface area (Å²) in [6, 6.07) is 3.58. The van der Waals surface area contributed by atoms with Gasteiger partial charge in [0, 0.05) is 36.3 Å². The Morgan fingerprint density at radius 1 is 1.47 bits per heavy atom. The first-order valence-corrected chi connectivity index (χ1v) is 5.82. The molecule has 0 unspecified atom stereocenters. The van der Waals surface area contributed by atoms with Crippen molar-refractivity contribution in [3.63, 3.8) is 0 Å². The summed E-state index contributed by atoms with van der Waals surface area (Å²) < 4.78 is 0. The Hall–Kier alpha value is -2.50. The summed E-state index contributed by atoms with van der Waals surface area (Å²) in [6.07, 6.45) is 3.29. The summed E-state index contributed by atoms with van der Waals surface area (Å²) in [5, 5.41) is 2.48. The predicted octanol–water partition coefficient (Wildman–Crippen LogP) is 0.429. The summed E-state index contributed by atoms with van der Waals surface area (Å²) in [6.45, 7) is 1.72.